The molecule has 0 bridgehead atoms. The third-order valence-electron chi connectivity index (χ3n) is 4.20. The molecule has 0 saturated carbocycles. The molecule has 0 spiro atoms. The van der Waals surface area contributed by atoms with E-state index in [1.165, 1.54) is 0 Å². The molecule has 0 aliphatic carbocycles. The number of aromatic nitrogens is 1. The highest BCUT2D eigenvalue weighted by atomic mass is 16.2. The first-order valence-electron chi connectivity index (χ1n) is 6.93. The maximum atomic E-state index is 12.6. The average Bonchev–Trinajstić information content (AvgIpc) is 2.97. The van der Waals surface area contributed by atoms with Crippen LogP contribution in [0.4, 0.5) is 0 Å². The third-order valence-corrected chi connectivity index (χ3v) is 4.20. The minimum absolute atomic E-state index is 0.415. The molecule has 0 saturated heterocycles. The lowest BCUT2D eigenvalue weighted by Crippen LogP contribution is -2.57. The van der Waals surface area contributed by atoms with Gasteiger partial charge in [0.15, 0.2) is 0 Å². The highest BCUT2D eigenvalue weighted by Crippen LogP contribution is 2.36. The lowest BCUT2D eigenvalue weighted by molar-refractivity contribution is -0.124. The molecule has 1 unspecified atom stereocenters. The molecule has 0 fully saturated rings. The zero-order valence-electron chi connectivity index (χ0n) is 11.6. The smallest absolute Gasteiger partial charge is 0.258 e. The van der Waals surface area contributed by atoms with E-state index in [-0.39, 0.29) is 0 Å². The van der Waals surface area contributed by atoms with Crippen molar-refractivity contribution in [2.24, 2.45) is 5.73 Å². The zero-order chi connectivity index (χ0) is 15.3. The van der Waals surface area contributed by atoms with Crippen LogP contribution >= 0.6 is 0 Å². The molecule has 4 rings (SSSR count). The molecule has 1 atom stereocenters. The van der Waals surface area contributed by atoms with Gasteiger partial charge in [0, 0.05) is 28.2 Å². The number of benzene rings is 2. The Hall–Kier alpha value is -2.92. The first kappa shape index (κ1) is 12.8. The number of H-pyrrole nitrogens is 1. The van der Waals surface area contributed by atoms with Crippen molar-refractivity contribution in [3.8, 4) is 0 Å². The Morgan fingerprint density at radius 1 is 0.909 bits per heavy atom. The van der Waals surface area contributed by atoms with Crippen molar-refractivity contribution in [1.82, 2.24) is 10.3 Å². The third kappa shape index (κ3) is 1.51. The summed E-state index contributed by atoms with van der Waals surface area (Å²) in [7, 11) is 0. The van der Waals surface area contributed by atoms with Gasteiger partial charge in [0.05, 0.1) is 0 Å². The Bertz CT molecular complexity index is 928. The van der Waals surface area contributed by atoms with Crippen LogP contribution in [0.5, 0.6) is 0 Å². The van der Waals surface area contributed by atoms with Gasteiger partial charge in [-0.25, -0.2) is 0 Å². The summed E-state index contributed by atoms with van der Waals surface area (Å²) in [6.45, 7) is 0. The number of rotatable bonds is 1. The van der Waals surface area contributed by atoms with Crippen LogP contribution in [0.3, 0.4) is 0 Å². The van der Waals surface area contributed by atoms with Gasteiger partial charge in [-0.15, -0.1) is 0 Å². The maximum absolute atomic E-state index is 12.6. The summed E-state index contributed by atoms with van der Waals surface area (Å²) in [6.07, 6.45) is 1.73. The Morgan fingerprint density at radius 2 is 1.64 bits per heavy atom. The lowest BCUT2D eigenvalue weighted by atomic mass is 9.78. The Balaban J connectivity index is 2.06. The highest BCUT2D eigenvalue weighted by molar-refractivity contribution is 6.15. The Labute approximate surface area is 126 Å². The van der Waals surface area contributed by atoms with Crippen LogP contribution in [0, 0.1) is 0 Å². The fourth-order valence-corrected chi connectivity index (χ4v) is 3.08. The van der Waals surface area contributed by atoms with Crippen molar-refractivity contribution in [2.45, 2.75) is 5.54 Å². The molecule has 5 heteroatoms. The van der Waals surface area contributed by atoms with E-state index in [0.29, 0.717) is 16.7 Å². The summed E-state index contributed by atoms with van der Waals surface area (Å²) in [5.41, 5.74) is 7.62. The average molecular weight is 291 g/mol. The SMILES string of the molecule is NC1(c2c[nH]c3ccccc23)C(=O)NC(=O)c2ccccc21. The normalized spacial score (nSPS) is 20.8. The number of fused-ring (bicyclic) bond motifs is 2. The predicted molar refractivity (Wildman–Crippen MR) is 82.2 cm³/mol. The predicted octanol–water partition coefficient (Wildman–Crippen LogP) is 1.64. The summed E-state index contributed by atoms with van der Waals surface area (Å²) in [5.74, 6) is -0.928. The second-order valence-electron chi connectivity index (χ2n) is 5.38. The van der Waals surface area contributed by atoms with Crippen LogP contribution in [0.15, 0.2) is 54.7 Å². The number of carbonyl (C=O) groups is 2. The van der Waals surface area contributed by atoms with Crippen LogP contribution in [0.2, 0.25) is 0 Å². The summed E-state index contributed by atoms with van der Waals surface area (Å²) >= 11 is 0. The largest absolute Gasteiger partial charge is 0.361 e. The van der Waals surface area contributed by atoms with Gasteiger partial charge in [-0.1, -0.05) is 36.4 Å². The van der Waals surface area contributed by atoms with Gasteiger partial charge in [0.25, 0.3) is 11.8 Å². The summed E-state index contributed by atoms with van der Waals surface area (Å²) in [4.78, 5) is 27.7. The number of nitrogens with one attached hydrogen (secondary N) is 2. The summed E-state index contributed by atoms with van der Waals surface area (Å²) < 4.78 is 0. The number of hydrogen-bond acceptors (Lipinski definition) is 3. The van der Waals surface area contributed by atoms with Crippen molar-refractivity contribution in [3.63, 3.8) is 0 Å². The topological polar surface area (TPSA) is 88.0 Å². The minimum atomic E-state index is -1.40. The van der Waals surface area contributed by atoms with E-state index in [1.54, 1.807) is 30.5 Å². The first-order chi connectivity index (χ1) is 10.6. The highest BCUT2D eigenvalue weighted by Gasteiger charge is 2.46. The van der Waals surface area contributed by atoms with Gasteiger partial charge < -0.3 is 10.7 Å². The molecular weight excluding hydrogens is 278 g/mol. The van der Waals surface area contributed by atoms with Crippen molar-refractivity contribution in [3.05, 3.63) is 71.4 Å². The molecule has 4 N–H and O–H groups in total. The van der Waals surface area contributed by atoms with Crippen LogP contribution in [-0.4, -0.2) is 16.8 Å². The van der Waals surface area contributed by atoms with Crippen molar-refractivity contribution >= 4 is 22.7 Å². The Morgan fingerprint density at radius 3 is 2.50 bits per heavy atom. The van der Waals surface area contributed by atoms with E-state index in [1.807, 2.05) is 24.3 Å². The van der Waals surface area contributed by atoms with Gasteiger partial charge in [0.1, 0.15) is 5.54 Å². The van der Waals surface area contributed by atoms with E-state index in [0.717, 1.165) is 10.9 Å². The van der Waals surface area contributed by atoms with E-state index < -0.39 is 17.4 Å². The van der Waals surface area contributed by atoms with Gasteiger partial charge in [-0.2, -0.15) is 0 Å². The van der Waals surface area contributed by atoms with Crippen molar-refractivity contribution < 1.29 is 9.59 Å². The van der Waals surface area contributed by atoms with E-state index >= 15 is 0 Å². The summed E-state index contributed by atoms with van der Waals surface area (Å²) in [5, 5.41) is 3.23. The molecule has 3 aromatic rings. The number of para-hydroxylation sites is 1. The molecule has 108 valence electrons. The number of imide groups is 1. The van der Waals surface area contributed by atoms with Gasteiger partial charge in [-0.05, 0) is 17.7 Å². The first-order valence-corrected chi connectivity index (χ1v) is 6.93. The molecule has 2 aromatic carbocycles. The number of amides is 2. The fourth-order valence-electron chi connectivity index (χ4n) is 3.08. The number of nitrogens with two attached hydrogens (primary N) is 1. The summed E-state index contributed by atoms with van der Waals surface area (Å²) in [6, 6.07) is 14.6. The van der Waals surface area contributed by atoms with Gasteiger partial charge in [-0.3, -0.25) is 14.9 Å². The minimum Gasteiger partial charge on any atom is -0.361 e. The molecule has 2 heterocycles. The maximum Gasteiger partial charge on any atom is 0.258 e. The number of aromatic amines is 1. The number of carbonyl (C=O) groups excluding carboxylic acids is 2. The molecule has 5 nitrogen and oxygen atoms in total. The second-order valence-corrected chi connectivity index (χ2v) is 5.38. The van der Waals surface area contributed by atoms with E-state index in [4.69, 9.17) is 5.73 Å². The fraction of sp³-hybridized carbons (Fsp3) is 0.0588. The van der Waals surface area contributed by atoms with Crippen molar-refractivity contribution in [1.29, 1.82) is 0 Å². The monoisotopic (exact) mass is 291 g/mol. The van der Waals surface area contributed by atoms with Crippen LogP contribution in [-0.2, 0) is 10.3 Å². The van der Waals surface area contributed by atoms with E-state index in [9.17, 15) is 9.59 Å². The molecule has 1 aliphatic heterocycles. The number of hydrogen-bond donors (Lipinski definition) is 3. The molecule has 1 aromatic heterocycles. The van der Waals surface area contributed by atoms with Crippen LogP contribution in [0.25, 0.3) is 10.9 Å². The van der Waals surface area contributed by atoms with Gasteiger partial charge >= 0.3 is 0 Å². The lowest BCUT2D eigenvalue weighted by Gasteiger charge is -2.33. The van der Waals surface area contributed by atoms with Crippen molar-refractivity contribution in [2.75, 3.05) is 0 Å². The van der Waals surface area contributed by atoms with Crippen LogP contribution in [0.1, 0.15) is 21.5 Å². The second kappa shape index (κ2) is 4.29. The van der Waals surface area contributed by atoms with Crippen LogP contribution < -0.4 is 11.1 Å². The molecular formula is C17H13N3O2. The quantitative estimate of drug-likeness (QED) is 0.596. The Kier molecular flexibility index (Phi) is 2.49. The molecule has 1 aliphatic rings. The molecule has 2 amide bonds. The zero-order valence-corrected chi connectivity index (χ0v) is 11.6. The van der Waals surface area contributed by atoms with E-state index in [2.05, 4.69) is 10.3 Å². The standard InChI is InChI=1S/C17H13N3O2/c18-17(13-9-19-14-8-4-2-5-10(13)14)12-7-3-1-6-11(12)15(21)20-16(17)22/h1-9,19H,18H2,(H,20,21,22). The van der Waals surface area contributed by atoms with Gasteiger partial charge in [0.2, 0.25) is 0 Å². The molecule has 22 heavy (non-hydrogen) atoms. The molecule has 0 radical (unpaired) electrons.